The summed E-state index contributed by atoms with van der Waals surface area (Å²) in [6.45, 7) is 3.64. The van der Waals surface area contributed by atoms with Gasteiger partial charge >= 0.3 is 0 Å². The smallest absolute Gasteiger partial charge is 0.148 e. The monoisotopic (exact) mass is 242 g/mol. The second kappa shape index (κ2) is 5.23. The van der Waals surface area contributed by atoms with Gasteiger partial charge in [-0.2, -0.15) is 0 Å². The highest BCUT2D eigenvalue weighted by Crippen LogP contribution is 2.30. The van der Waals surface area contributed by atoms with Gasteiger partial charge < -0.3 is 20.9 Å². The minimum atomic E-state index is -0.567. The van der Waals surface area contributed by atoms with E-state index in [0.717, 1.165) is 0 Å². The fourth-order valence-electron chi connectivity index (χ4n) is 1.41. The molecule has 0 radical (unpaired) electrons. The van der Waals surface area contributed by atoms with E-state index in [9.17, 15) is 9.50 Å². The molecule has 1 unspecified atom stereocenters. The summed E-state index contributed by atoms with van der Waals surface area (Å²) in [5.74, 6) is -0.0540. The Bertz CT molecular complexity index is 392. The second-order valence-corrected chi connectivity index (χ2v) is 4.27. The third kappa shape index (κ3) is 3.00. The molecule has 1 atom stereocenters. The number of methoxy groups -OCH3 is 1. The molecule has 1 aromatic rings. The van der Waals surface area contributed by atoms with Gasteiger partial charge in [0.1, 0.15) is 11.6 Å². The van der Waals surface area contributed by atoms with E-state index in [2.05, 4.69) is 5.32 Å². The lowest BCUT2D eigenvalue weighted by atomic mass is 9.99. The van der Waals surface area contributed by atoms with Gasteiger partial charge in [-0.15, -0.1) is 0 Å². The maximum atomic E-state index is 13.7. The first-order valence-electron chi connectivity index (χ1n) is 5.48. The van der Waals surface area contributed by atoms with Crippen molar-refractivity contribution in [1.82, 2.24) is 0 Å². The van der Waals surface area contributed by atoms with Gasteiger partial charge in [-0.05, 0) is 13.3 Å². The predicted molar refractivity (Wildman–Crippen MR) is 66.8 cm³/mol. The topological polar surface area (TPSA) is 67.5 Å². The van der Waals surface area contributed by atoms with Crippen molar-refractivity contribution in [2.45, 2.75) is 25.8 Å². The van der Waals surface area contributed by atoms with Gasteiger partial charge in [-0.1, -0.05) is 6.92 Å². The molecule has 0 saturated heterocycles. The van der Waals surface area contributed by atoms with Crippen LogP contribution in [0.1, 0.15) is 20.3 Å². The quantitative estimate of drug-likeness (QED) is 0.691. The van der Waals surface area contributed by atoms with Crippen molar-refractivity contribution in [2.24, 2.45) is 0 Å². The molecule has 0 bridgehead atoms. The van der Waals surface area contributed by atoms with Gasteiger partial charge in [0.15, 0.2) is 0 Å². The van der Waals surface area contributed by atoms with Crippen LogP contribution in [0, 0.1) is 5.82 Å². The van der Waals surface area contributed by atoms with Crippen LogP contribution < -0.4 is 15.8 Å². The van der Waals surface area contributed by atoms with E-state index in [4.69, 9.17) is 10.5 Å². The number of anilines is 2. The van der Waals surface area contributed by atoms with E-state index >= 15 is 0 Å². The number of nitrogens with two attached hydrogens (primary N) is 1. The minimum Gasteiger partial charge on any atom is -0.495 e. The van der Waals surface area contributed by atoms with Crippen molar-refractivity contribution >= 4 is 11.4 Å². The Morgan fingerprint density at radius 2 is 2.18 bits per heavy atom. The lowest BCUT2D eigenvalue weighted by molar-refractivity contribution is 0.218. The molecule has 0 saturated carbocycles. The van der Waals surface area contributed by atoms with Crippen molar-refractivity contribution in [2.75, 3.05) is 24.8 Å². The van der Waals surface area contributed by atoms with E-state index in [1.807, 2.05) is 13.8 Å². The Morgan fingerprint density at radius 1 is 1.53 bits per heavy atom. The Hall–Kier alpha value is -1.49. The average Bonchev–Trinajstić information content (AvgIpc) is 2.32. The van der Waals surface area contributed by atoms with Gasteiger partial charge in [0.2, 0.25) is 0 Å². The second-order valence-electron chi connectivity index (χ2n) is 4.27. The number of hydrogen-bond donors (Lipinski definition) is 3. The Balaban J connectivity index is 3.06. The molecule has 0 aliphatic carbocycles. The maximum Gasteiger partial charge on any atom is 0.148 e. The van der Waals surface area contributed by atoms with Crippen molar-refractivity contribution in [3.63, 3.8) is 0 Å². The van der Waals surface area contributed by atoms with Gasteiger partial charge in [0.25, 0.3) is 0 Å². The van der Waals surface area contributed by atoms with Crippen LogP contribution in [0.5, 0.6) is 5.75 Å². The van der Waals surface area contributed by atoms with Gasteiger partial charge in [-0.3, -0.25) is 0 Å². The summed E-state index contributed by atoms with van der Waals surface area (Å²) in [6, 6.07) is 2.70. The molecule has 1 rings (SSSR count). The summed E-state index contributed by atoms with van der Waals surface area (Å²) in [4.78, 5) is 0. The molecule has 0 spiro atoms. The number of hydrogen-bond acceptors (Lipinski definition) is 4. The van der Waals surface area contributed by atoms with Gasteiger partial charge in [-0.25, -0.2) is 4.39 Å². The van der Waals surface area contributed by atoms with E-state index in [1.54, 1.807) is 0 Å². The van der Waals surface area contributed by atoms with Crippen LogP contribution in [0.25, 0.3) is 0 Å². The van der Waals surface area contributed by atoms with Crippen LogP contribution in [0.3, 0.4) is 0 Å². The third-order valence-corrected chi connectivity index (χ3v) is 2.89. The Labute approximate surface area is 101 Å². The van der Waals surface area contributed by atoms with Crippen LogP contribution >= 0.6 is 0 Å². The number of rotatable bonds is 5. The fraction of sp³-hybridized carbons (Fsp3) is 0.500. The number of benzene rings is 1. The number of aliphatic hydroxyl groups excluding tert-OH is 1. The lowest BCUT2D eigenvalue weighted by Gasteiger charge is -2.29. The number of aliphatic hydroxyl groups is 1. The predicted octanol–water partition coefficient (Wildman–Crippen LogP) is 1.99. The van der Waals surface area contributed by atoms with Crippen LogP contribution in [0.4, 0.5) is 15.8 Å². The standard InChI is InChI=1S/C12H19FN2O2/c1-4-12(2,7-16)15-10-6-11(17-3)9(14)5-8(10)13/h5-6,15-16H,4,7,14H2,1-3H3. The zero-order chi connectivity index (χ0) is 13.1. The fourth-order valence-corrected chi connectivity index (χ4v) is 1.41. The molecule has 0 aromatic heterocycles. The summed E-state index contributed by atoms with van der Waals surface area (Å²) in [7, 11) is 1.47. The molecule has 5 heteroatoms. The minimum absolute atomic E-state index is 0.0877. The summed E-state index contributed by atoms with van der Waals surface area (Å²) in [6.07, 6.45) is 0.662. The molecular weight excluding hydrogens is 223 g/mol. The zero-order valence-electron chi connectivity index (χ0n) is 10.4. The average molecular weight is 242 g/mol. The number of ether oxygens (including phenoxy) is 1. The van der Waals surface area contributed by atoms with Crippen LogP contribution in [0.2, 0.25) is 0 Å². The van der Waals surface area contributed by atoms with E-state index in [-0.39, 0.29) is 18.0 Å². The van der Waals surface area contributed by atoms with Crippen molar-refractivity contribution in [1.29, 1.82) is 0 Å². The lowest BCUT2D eigenvalue weighted by Crippen LogP contribution is -2.38. The molecule has 0 amide bonds. The number of halogens is 1. The SMILES string of the molecule is CCC(C)(CO)Nc1cc(OC)c(N)cc1F. The van der Waals surface area contributed by atoms with Crippen LogP contribution in [-0.2, 0) is 0 Å². The number of nitrogen functional groups attached to an aromatic ring is 1. The molecule has 0 aliphatic rings. The van der Waals surface area contributed by atoms with E-state index < -0.39 is 11.4 Å². The summed E-state index contributed by atoms with van der Waals surface area (Å²) >= 11 is 0. The first-order chi connectivity index (χ1) is 7.95. The Morgan fingerprint density at radius 3 is 2.65 bits per heavy atom. The molecule has 4 N–H and O–H groups in total. The third-order valence-electron chi connectivity index (χ3n) is 2.89. The van der Waals surface area contributed by atoms with E-state index in [1.165, 1.54) is 19.2 Å². The summed E-state index contributed by atoms with van der Waals surface area (Å²) in [5.41, 5.74) is 5.54. The Kier molecular flexibility index (Phi) is 4.17. The summed E-state index contributed by atoms with van der Waals surface area (Å²) < 4.78 is 18.7. The normalized spacial score (nSPS) is 14.2. The molecule has 96 valence electrons. The highest BCUT2D eigenvalue weighted by Gasteiger charge is 2.22. The zero-order valence-corrected chi connectivity index (χ0v) is 10.4. The largest absolute Gasteiger partial charge is 0.495 e. The highest BCUT2D eigenvalue weighted by molar-refractivity contribution is 5.62. The molecular formula is C12H19FN2O2. The van der Waals surface area contributed by atoms with Crippen molar-refractivity contribution in [3.8, 4) is 5.75 Å². The van der Waals surface area contributed by atoms with Crippen LogP contribution in [-0.4, -0.2) is 24.4 Å². The first kappa shape index (κ1) is 13.6. The molecule has 1 aromatic carbocycles. The molecule has 17 heavy (non-hydrogen) atoms. The maximum absolute atomic E-state index is 13.7. The molecule has 4 nitrogen and oxygen atoms in total. The summed E-state index contributed by atoms with van der Waals surface area (Å²) in [5, 5.41) is 12.2. The molecule has 0 heterocycles. The van der Waals surface area contributed by atoms with Crippen molar-refractivity contribution in [3.05, 3.63) is 17.9 Å². The molecule has 0 fully saturated rings. The van der Waals surface area contributed by atoms with Crippen molar-refractivity contribution < 1.29 is 14.2 Å². The van der Waals surface area contributed by atoms with Gasteiger partial charge in [0, 0.05) is 12.1 Å². The van der Waals surface area contributed by atoms with E-state index in [0.29, 0.717) is 12.2 Å². The first-order valence-corrected chi connectivity index (χ1v) is 5.48. The van der Waals surface area contributed by atoms with Crippen LogP contribution in [0.15, 0.2) is 12.1 Å². The number of nitrogens with one attached hydrogen (secondary N) is 1. The molecule has 0 aliphatic heterocycles. The van der Waals surface area contributed by atoms with Gasteiger partial charge in [0.05, 0.1) is 30.6 Å². The highest BCUT2D eigenvalue weighted by atomic mass is 19.1.